The highest BCUT2D eigenvalue weighted by Gasteiger charge is 2.38. The van der Waals surface area contributed by atoms with E-state index in [1.807, 2.05) is 0 Å². The molecule has 5 rings (SSSR count). The van der Waals surface area contributed by atoms with Gasteiger partial charge in [-0.1, -0.05) is 11.6 Å². The van der Waals surface area contributed by atoms with E-state index in [0.29, 0.717) is 45.2 Å². The second-order valence-electron chi connectivity index (χ2n) is 8.03. The van der Waals surface area contributed by atoms with Crippen LogP contribution in [0.2, 0.25) is 5.02 Å². The number of nitrogens with one attached hydrogen (secondary N) is 2. The molecule has 0 radical (unpaired) electrons. The molecule has 1 aliphatic rings. The molecule has 0 aliphatic heterocycles. The Labute approximate surface area is 215 Å². The highest BCUT2D eigenvalue weighted by Crippen LogP contribution is 2.36. The second kappa shape index (κ2) is 9.76. The van der Waals surface area contributed by atoms with Crippen molar-refractivity contribution in [3.8, 4) is 17.2 Å². The summed E-state index contributed by atoms with van der Waals surface area (Å²) in [5.41, 5.74) is 7.81. The fourth-order valence-electron chi connectivity index (χ4n) is 3.83. The smallest absolute Gasteiger partial charge is 0.252 e. The van der Waals surface area contributed by atoms with Gasteiger partial charge in [0.05, 0.1) is 46.5 Å². The lowest BCUT2D eigenvalue weighted by Gasteiger charge is -2.29. The average molecular weight is 518 g/mol. The Morgan fingerprint density at radius 1 is 1.11 bits per heavy atom. The first kappa shape index (κ1) is 24.0. The minimum absolute atomic E-state index is 0.194. The number of aliphatic hydroxyl groups excluding tert-OH is 1. The largest absolute Gasteiger partial charge is 0.496 e. The highest BCUT2D eigenvalue weighted by atomic mass is 35.5. The molecule has 2 heterocycles. The SMILES string of the molecule is COc1cc2nccc(Oc3ccc(NC4=C(Nc5cccnc5)C(O)C4=O)c(Cl)c3)c2cc1C(N)=O. The van der Waals surface area contributed by atoms with Crippen LogP contribution in [-0.4, -0.2) is 40.0 Å². The predicted molar refractivity (Wildman–Crippen MR) is 138 cm³/mol. The number of fused-ring (bicyclic) bond motifs is 1. The van der Waals surface area contributed by atoms with Crippen LogP contribution >= 0.6 is 11.6 Å². The lowest BCUT2D eigenvalue weighted by atomic mass is 9.94. The quantitative estimate of drug-likeness (QED) is 0.273. The van der Waals surface area contributed by atoms with Crippen molar-refractivity contribution in [2.24, 2.45) is 5.73 Å². The van der Waals surface area contributed by atoms with E-state index in [1.54, 1.807) is 67.1 Å². The molecule has 4 aromatic rings. The summed E-state index contributed by atoms with van der Waals surface area (Å²) in [7, 11) is 1.44. The van der Waals surface area contributed by atoms with Gasteiger partial charge in [-0.25, -0.2) is 0 Å². The van der Waals surface area contributed by atoms with Crippen molar-refractivity contribution in [3.63, 3.8) is 0 Å². The summed E-state index contributed by atoms with van der Waals surface area (Å²) in [6.07, 6.45) is 3.49. The first-order valence-corrected chi connectivity index (χ1v) is 11.4. The van der Waals surface area contributed by atoms with Crippen LogP contribution in [0.1, 0.15) is 10.4 Å². The number of ketones is 1. The number of amides is 1. The van der Waals surface area contributed by atoms with Gasteiger partial charge in [0.2, 0.25) is 5.78 Å². The summed E-state index contributed by atoms with van der Waals surface area (Å²) in [6, 6.07) is 13.2. The maximum absolute atomic E-state index is 12.3. The van der Waals surface area contributed by atoms with Crippen molar-refractivity contribution in [3.05, 3.63) is 89.1 Å². The van der Waals surface area contributed by atoms with Crippen LogP contribution in [0.15, 0.2) is 78.5 Å². The van der Waals surface area contributed by atoms with Gasteiger partial charge in [0.1, 0.15) is 22.9 Å². The summed E-state index contributed by atoms with van der Waals surface area (Å²) < 4.78 is 11.3. The molecule has 0 bridgehead atoms. The number of carbonyl (C=O) groups excluding carboxylic acids is 2. The molecule has 0 fully saturated rings. The van der Waals surface area contributed by atoms with Crippen LogP contribution in [-0.2, 0) is 4.79 Å². The standard InChI is InChI=1S/C26H20ClN5O5/c1-36-21-11-19-15(10-16(21)26(28)35)20(6-8-30-19)37-14-4-5-18(17(27)9-14)32-23-22(24(33)25(23)34)31-13-3-2-7-29-12-13/h2-12,24,31-33H,1H3,(H2,28,35). The fourth-order valence-corrected chi connectivity index (χ4v) is 4.05. The molecule has 0 saturated carbocycles. The van der Waals surface area contributed by atoms with Gasteiger partial charge in [-0.3, -0.25) is 19.6 Å². The molecular weight excluding hydrogens is 498 g/mol. The van der Waals surface area contributed by atoms with E-state index < -0.39 is 17.8 Å². The van der Waals surface area contributed by atoms with E-state index in [9.17, 15) is 14.7 Å². The number of carbonyl (C=O) groups is 2. The van der Waals surface area contributed by atoms with Gasteiger partial charge in [-0.15, -0.1) is 0 Å². The molecule has 0 saturated heterocycles. The number of benzene rings is 2. The Kier molecular flexibility index (Phi) is 6.34. The van der Waals surface area contributed by atoms with E-state index >= 15 is 0 Å². The van der Waals surface area contributed by atoms with Crippen LogP contribution in [0.5, 0.6) is 17.2 Å². The number of aromatic nitrogens is 2. The molecule has 1 atom stereocenters. The monoisotopic (exact) mass is 517 g/mol. The third-order valence-corrected chi connectivity index (χ3v) is 6.01. The fraction of sp³-hybridized carbons (Fsp3) is 0.0769. The molecule has 2 aromatic heterocycles. The molecule has 0 spiro atoms. The Balaban J connectivity index is 1.41. The Hall–Kier alpha value is -4.67. The number of methoxy groups -OCH3 is 1. The summed E-state index contributed by atoms with van der Waals surface area (Å²) in [6.45, 7) is 0. The highest BCUT2D eigenvalue weighted by molar-refractivity contribution is 6.33. The van der Waals surface area contributed by atoms with Crippen LogP contribution < -0.4 is 25.8 Å². The van der Waals surface area contributed by atoms with Gasteiger partial charge in [-0.2, -0.15) is 0 Å². The number of halogens is 1. The van der Waals surface area contributed by atoms with Crippen molar-refractivity contribution >= 4 is 45.6 Å². The number of rotatable bonds is 8. The zero-order valence-electron chi connectivity index (χ0n) is 19.4. The van der Waals surface area contributed by atoms with Gasteiger partial charge in [-0.05, 0) is 36.4 Å². The van der Waals surface area contributed by atoms with Crippen molar-refractivity contribution in [2.45, 2.75) is 6.10 Å². The number of hydrogen-bond donors (Lipinski definition) is 4. The van der Waals surface area contributed by atoms with Gasteiger partial charge in [0.25, 0.3) is 5.91 Å². The van der Waals surface area contributed by atoms with Crippen LogP contribution in [0, 0.1) is 0 Å². The Morgan fingerprint density at radius 2 is 1.95 bits per heavy atom. The van der Waals surface area contributed by atoms with E-state index in [4.69, 9.17) is 26.8 Å². The van der Waals surface area contributed by atoms with Crippen molar-refractivity contribution in [2.75, 3.05) is 17.7 Å². The molecule has 1 amide bonds. The third-order valence-electron chi connectivity index (χ3n) is 5.69. The lowest BCUT2D eigenvalue weighted by molar-refractivity contribution is -0.124. The zero-order chi connectivity index (χ0) is 26.1. The van der Waals surface area contributed by atoms with E-state index in [0.717, 1.165) is 0 Å². The molecule has 1 aliphatic carbocycles. The molecule has 37 heavy (non-hydrogen) atoms. The van der Waals surface area contributed by atoms with Crippen LogP contribution in [0.25, 0.3) is 10.9 Å². The number of Topliss-reactive ketones (excluding diaryl/α,β-unsaturated/α-hetero) is 1. The summed E-state index contributed by atoms with van der Waals surface area (Å²) in [4.78, 5) is 32.5. The average Bonchev–Trinajstić information content (AvgIpc) is 2.91. The number of nitrogens with zero attached hydrogens (tertiary/aromatic N) is 2. The first-order chi connectivity index (χ1) is 17.9. The molecule has 10 nitrogen and oxygen atoms in total. The summed E-state index contributed by atoms with van der Waals surface area (Å²) in [5.74, 6) is 0.0311. The van der Waals surface area contributed by atoms with Crippen LogP contribution in [0.3, 0.4) is 0 Å². The minimum Gasteiger partial charge on any atom is -0.496 e. The molecule has 11 heteroatoms. The normalized spacial score (nSPS) is 14.8. The molecule has 1 unspecified atom stereocenters. The Bertz CT molecular complexity index is 1570. The number of primary amides is 1. The van der Waals surface area contributed by atoms with E-state index in [-0.39, 0.29) is 16.3 Å². The van der Waals surface area contributed by atoms with Crippen molar-refractivity contribution in [1.29, 1.82) is 0 Å². The van der Waals surface area contributed by atoms with Crippen molar-refractivity contribution < 1.29 is 24.2 Å². The molecule has 5 N–H and O–H groups in total. The van der Waals surface area contributed by atoms with Crippen LogP contribution in [0.4, 0.5) is 11.4 Å². The summed E-state index contributed by atoms with van der Waals surface area (Å²) in [5, 5.41) is 16.9. The zero-order valence-corrected chi connectivity index (χ0v) is 20.1. The van der Waals surface area contributed by atoms with Gasteiger partial charge >= 0.3 is 0 Å². The summed E-state index contributed by atoms with van der Waals surface area (Å²) >= 11 is 6.48. The Morgan fingerprint density at radius 3 is 2.65 bits per heavy atom. The van der Waals surface area contributed by atoms with Gasteiger partial charge in [0, 0.05) is 29.9 Å². The lowest BCUT2D eigenvalue weighted by Crippen LogP contribution is -2.43. The molecule has 186 valence electrons. The molecule has 2 aromatic carbocycles. The number of pyridine rings is 2. The number of hydrogen-bond acceptors (Lipinski definition) is 9. The number of anilines is 2. The van der Waals surface area contributed by atoms with Gasteiger partial charge in [0.15, 0.2) is 6.10 Å². The van der Waals surface area contributed by atoms with E-state index in [2.05, 4.69) is 20.6 Å². The minimum atomic E-state index is -1.27. The third kappa shape index (κ3) is 4.63. The second-order valence-corrected chi connectivity index (χ2v) is 8.44. The maximum atomic E-state index is 12.3. The molecular formula is C26H20ClN5O5. The van der Waals surface area contributed by atoms with E-state index in [1.165, 1.54) is 7.11 Å². The predicted octanol–water partition coefficient (Wildman–Crippen LogP) is 3.86. The number of ether oxygens (including phenoxy) is 2. The maximum Gasteiger partial charge on any atom is 0.252 e. The number of aliphatic hydroxyl groups is 1. The number of nitrogens with two attached hydrogens (primary N) is 1. The van der Waals surface area contributed by atoms with Gasteiger partial charge < -0.3 is 30.9 Å². The first-order valence-electron chi connectivity index (χ1n) is 11.0. The topological polar surface area (TPSA) is 149 Å². The van der Waals surface area contributed by atoms with Crippen molar-refractivity contribution in [1.82, 2.24) is 9.97 Å².